The Morgan fingerprint density at radius 2 is 1.06 bits per heavy atom. The Kier molecular flexibility index (Phi) is 3.18. The Morgan fingerprint density at radius 3 is 1.44 bits per heavy atom. The van der Waals surface area contributed by atoms with E-state index >= 15 is 0 Å². The van der Waals surface area contributed by atoms with E-state index in [0.29, 0.717) is 0 Å². The number of hydrogen-bond donors (Lipinski definition) is 0. The molecule has 0 aromatic heterocycles. The molecule has 0 amide bonds. The van der Waals surface area contributed by atoms with Gasteiger partial charge in [-0.05, 0) is 0 Å². The summed E-state index contributed by atoms with van der Waals surface area (Å²) < 4.78 is 0.861. The van der Waals surface area contributed by atoms with Gasteiger partial charge in [0.05, 0.1) is 0 Å². The first-order chi connectivity index (χ1) is 8.86. The summed E-state index contributed by atoms with van der Waals surface area (Å²) in [6, 6.07) is 20.6. The second-order valence-electron chi connectivity index (χ2n) is 4.21. The fraction of sp³-hybridized carbons (Fsp3) is 0.133. The monoisotopic (exact) mass is 285 g/mol. The quantitative estimate of drug-likeness (QED) is 0.783. The van der Waals surface area contributed by atoms with Crippen LogP contribution in [0.25, 0.3) is 0 Å². The molecule has 1 aliphatic rings. The second kappa shape index (κ2) is 4.97. The van der Waals surface area contributed by atoms with Crippen LogP contribution in [0.4, 0.5) is 11.4 Å². The first kappa shape index (κ1) is 11.5. The zero-order valence-electron chi connectivity index (χ0n) is 9.88. The molecule has 3 rings (SSSR count). The Morgan fingerprint density at radius 1 is 0.667 bits per heavy atom. The first-order valence-corrected chi connectivity index (χ1v) is 6.47. The van der Waals surface area contributed by atoms with Crippen molar-refractivity contribution in [2.24, 2.45) is 0 Å². The summed E-state index contributed by atoms with van der Waals surface area (Å²) in [7, 11) is 0. The molecule has 1 fully saturated rings. The predicted octanol–water partition coefficient (Wildman–Crippen LogP) is 2.65. The maximum absolute atomic E-state index is 5.75. The van der Waals surface area contributed by atoms with Gasteiger partial charge in [-0.2, -0.15) is 0 Å². The summed E-state index contributed by atoms with van der Waals surface area (Å²) in [5.41, 5.74) is 2.32. The van der Waals surface area contributed by atoms with E-state index in [4.69, 9.17) is 15.6 Å². The molecule has 3 heteroatoms. The van der Waals surface area contributed by atoms with E-state index < -0.39 is 0 Å². The van der Waals surface area contributed by atoms with Gasteiger partial charge in [0.1, 0.15) is 0 Å². The van der Waals surface area contributed by atoms with E-state index in [-0.39, 0.29) is 0 Å². The van der Waals surface area contributed by atoms with Crippen LogP contribution in [0.2, 0.25) is 0 Å². The second-order valence-corrected chi connectivity index (χ2v) is 4.63. The molecule has 18 heavy (non-hydrogen) atoms. The van der Waals surface area contributed by atoms with E-state index in [1.54, 1.807) is 0 Å². The van der Waals surface area contributed by atoms with Crippen LogP contribution < -0.4 is 9.80 Å². The van der Waals surface area contributed by atoms with Gasteiger partial charge in [0, 0.05) is 0 Å². The molecule has 95 valence electrons. The standard InChI is InChI=1S/C15H14N2.Cu/c1-3-7-14(8-4-1)16-11-12-17(13-16)15-9-5-2-6-10-15;/h1-10H,11-12H2;. The van der Waals surface area contributed by atoms with Gasteiger partial charge in [-0.3, -0.25) is 0 Å². The van der Waals surface area contributed by atoms with Crippen molar-refractivity contribution >= 4 is 16.0 Å². The van der Waals surface area contributed by atoms with Gasteiger partial charge in [-0.1, -0.05) is 0 Å². The number of para-hydroxylation sites is 2. The van der Waals surface area contributed by atoms with Crippen LogP contribution in [0.5, 0.6) is 0 Å². The minimum atomic E-state index is 0.861. The molecule has 0 unspecified atom stereocenters. The van der Waals surface area contributed by atoms with Crippen molar-refractivity contribution in [3.05, 3.63) is 60.7 Å². The maximum atomic E-state index is 5.75. The molecule has 0 atom stereocenters. The number of anilines is 2. The fourth-order valence-electron chi connectivity index (χ4n) is 2.18. The summed E-state index contributed by atoms with van der Waals surface area (Å²) in [6.07, 6.45) is 0. The van der Waals surface area contributed by atoms with E-state index in [0.717, 1.165) is 29.1 Å². The SMILES string of the molecule is [Cu]=[C]1N(c2ccccc2)CCN1c1ccccc1. The van der Waals surface area contributed by atoms with Gasteiger partial charge in [-0.15, -0.1) is 0 Å². The fourth-order valence-corrected chi connectivity index (χ4v) is 2.63. The van der Waals surface area contributed by atoms with Crippen LogP contribution in [-0.4, -0.2) is 17.8 Å². The summed E-state index contributed by atoms with van der Waals surface area (Å²) in [5, 5.41) is 0. The Balaban J connectivity index is 1.86. The number of hydrogen-bond acceptors (Lipinski definition) is 2. The average molecular weight is 286 g/mol. The Hall–Kier alpha value is -1.57. The minimum absolute atomic E-state index is 0.861. The molecular weight excluding hydrogens is 272 g/mol. The molecule has 2 nitrogen and oxygen atoms in total. The zero-order chi connectivity index (χ0) is 12.4. The number of rotatable bonds is 2. The summed E-state index contributed by atoms with van der Waals surface area (Å²) in [5.74, 6) is 0. The topological polar surface area (TPSA) is 6.48 Å². The normalized spacial score (nSPS) is 15.3. The van der Waals surface area contributed by atoms with Gasteiger partial charge >= 0.3 is 115 Å². The molecule has 2 aromatic carbocycles. The van der Waals surface area contributed by atoms with Crippen molar-refractivity contribution in [1.82, 2.24) is 0 Å². The van der Waals surface area contributed by atoms with Gasteiger partial charge < -0.3 is 0 Å². The molecule has 0 aliphatic carbocycles. The van der Waals surface area contributed by atoms with Crippen LogP contribution in [0.15, 0.2) is 60.7 Å². The van der Waals surface area contributed by atoms with Crippen molar-refractivity contribution in [1.29, 1.82) is 0 Å². The summed E-state index contributed by atoms with van der Waals surface area (Å²) in [6.45, 7) is 1.87. The number of nitrogens with zero attached hydrogens (tertiary/aromatic N) is 2. The van der Waals surface area contributed by atoms with Gasteiger partial charge in [0.25, 0.3) is 0 Å². The van der Waals surface area contributed by atoms with Crippen LogP contribution in [0.3, 0.4) is 0 Å². The van der Waals surface area contributed by atoms with Gasteiger partial charge in [-0.25, -0.2) is 0 Å². The Labute approximate surface area is 115 Å². The summed E-state index contributed by atoms with van der Waals surface area (Å²) in [4.78, 5) is 4.35. The molecule has 0 saturated carbocycles. The van der Waals surface area contributed by atoms with E-state index in [2.05, 4.69) is 34.1 Å². The van der Waals surface area contributed by atoms with E-state index in [9.17, 15) is 0 Å². The van der Waals surface area contributed by atoms with Crippen molar-refractivity contribution in [3.8, 4) is 0 Å². The van der Waals surface area contributed by atoms with Crippen molar-refractivity contribution in [3.63, 3.8) is 0 Å². The number of benzene rings is 2. The summed E-state index contributed by atoms with van der Waals surface area (Å²) >= 11 is 5.75. The van der Waals surface area contributed by atoms with Crippen LogP contribution in [-0.2, 0) is 15.6 Å². The molecule has 1 saturated heterocycles. The van der Waals surface area contributed by atoms with Gasteiger partial charge in [0.15, 0.2) is 0 Å². The van der Waals surface area contributed by atoms with Crippen LogP contribution in [0, 0.1) is 0 Å². The van der Waals surface area contributed by atoms with Crippen molar-refractivity contribution < 1.29 is 15.6 Å². The average Bonchev–Trinajstić information content (AvgIpc) is 2.83. The Bertz CT molecular complexity index is 489. The molecule has 1 aliphatic heterocycles. The molecular formula is C15H14CuN2. The van der Waals surface area contributed by atoms with E-state index in [1.807, 2.05) is 36.4 Å². The van der Waals surface area contributed by atoms with Gasteiger partial charge in [0.2, 0.25) is 0 Å². The van der Waals surface area contributed by atoms with Crippen molar-refractivity contribution in [2.75, 3.05) is 22.9 Å². The molecule has 0 bridgehead atoms. The first-order valence-electron chi connectivity index (χ1n) is 6.00. The molecule has 1 heterocycles. The molecule has 0 N–H and O–H groups in total. The van der Waals surface area contributed by atoms with Crippen LogP contribution in [0.1, 0.15) is 0 Å². The molecule has 0 spiro atoms. The molecule has 2 aromatic rings. The molecule has 0 radical (unpaired) electrons. The third kappa shape index (κ3) is 2.07. The third-order valence-electron chi connectivity index (χ3n) is 3.09. The van der Waals surface area contributed by atoms with Crippen LogP contribution >= 0.6 is 0 Å². The van der Waals surface area contributed by atoms with E-state index in [1.165, 1.54) is 0 Å². The zero-order valence-corrected chi connectivity index (χ0v) is 10.8. The third-order valence-corrected chi connectivity index (χ3v) is 3.60. The van der Waals surface area contributed by atoms with Crippen molar-refractivity contribution in [2.45, 2.75) is 0 Å². The predicted molar refractivity (Wildman–Crippen MR) is 72.6 cm³/mol.